The van der Waals surface area contributed by atoms with Gasteiger partial charge < -0.3 is 5.11 Å². The fraction of sp³-hybridized carbons (Fsp3) is 0.100. The van der Waals surface area contributed by atoms with E-state index in [1.165, 1.54) is 6.08 Å². The van der Waals surface area contributed by atoms with Crippen molar-refractivity contribution in [3.8, 4) is 11.8 Å². The minimum Gasteiger partial charge on any atom is -0.508 e. The van der Waals surface area contributed by atoms with Crippen molar-refractivity contribution in [3.63, 3.8) is 0 Å². The van der Waals surface area contributed by atoms with E-state index in [2.05, 4.69) is 0 Å². The molecule has 0 aliphatic rings. The van der Waals surface area contributed by atoms with Crippen molar-refractivity contribution >= 4 is 6.08 Å². The lowest BCUT2D eigenvalue weighted by Crippen LogP contribution is -1.79. The Morgan fingerprint density at radius 3 is 2.92 bits per heavy atom. The first-order valence-corrected chi connectivity index (χ1v) is 3.60. The molecule has 60 valence electrons. The number of allylic oxidation sites excluding steroid dienone is 1. The summed E-state index contributed by atoms with van der Waals surface area (Å²) in [6.45, 7) is 1.81. The topological polar surface area (TPSA) is 44.0 Å². The maximum absolute atomic E-state index is 9.28. The van der Waals surface area contributed by atoms with E-state index in [1.54, 1.807) is 18.2 Å². The van der Waals surface area contributed by atoms with Crippen molar-refractivity contribution in [3.05, 3.63) is 35.4 Å². The second-order valence-corrected chi connectivity index (χ2v) is 2.45. The minimum atomic E-state index is 0.259. The first kappa shape index (κ1) is 8.35. The van der Waals surface area contributed by atoms with Crippen molar-refractivity contribution in [2.45, 2.75) is 6.92 Å². The number of hydrogen-bond donors (Lipinski definition) is 1. The van der Waals surface area contributed by atoms with Gasteiger partial charge in [0, 0.05) is 6.08 Å². The van der Waals surface area contributed by atoms with Gasteiger partial charge in [0.1, 0.15) is 5.75 Å². The van der Waals surface area contributed by atoms with Crippen LogP contribution in [0.5, 0.6) is 5.75 Å². The molecule has 0 aromatic heterocycles. The van der Waals surface area contributed by atoms with Crippen LogP contribution in [0.1, 0.15) is 11.1 Å². The van der Waals surface area contributed by atoms with Gasteiger partial charge in [0.05, 0.1) is 6.07 Å². The van der Waals surface area contributed by atoms with E-state index in [0.717, 1.165) is 11.1 Å². The number of phenolic OH excluding ortho intramolecular Hbond substituents is 1. The van der Waals surface area contributed by atoms with Crippen LogP contribution in [-0.4, -0.2) is 5.11 Å². The van der Waals surface area contributed by atoms with Gasteiger partial charge >= 0.3 is 0 Å². The molecule has 1 N–H and O–H groups in total. The molecule has 0 atom stereocenters. The number of hydrogen-bond acceptors (Lipinski definition) is 2. The summed E-state index contributed by atoms with van der Waals surface area (Å²) < 4.78 is 0. The zero-order valence-electron chi connectivity index (χ0n) is 6.78. The van der Waals surface area contributed by atoms with Crippen LogP contribution in [0.2, 0.25) is 0 Å². The lowest BCUT2D eigenvalue weighted by molar-refractivity contribution is 0.471. The van der Waals surface area contributed by atoms with Crippen LogP contribution in [0.25, 0.3) is 6.08 Å². The molecular formula is C10H9NO. The van der Waals surface area contributed by atoms with E-state index in [0.29, 0.717) is 0 Å². The third-order valence-corrected chi connectivity index (χ3v) is 1.68. The number of nitriles is 1. The molecule has 0 heterocycles. The number of phenols is 1. The van der Waals surface area contributed by atoms with Gasteiger partial charge in [-0.1, -0.05) is 12.1 Å². The lowest BCUT2D eigenvalue weighted by atomic mass is 10.1. The average molecular weight is 159 g/mol. The predicted octanol–water partition coefficient (Wildman–Crippen LogP) is 2.24. The molecule has 2 heteroatoms. The van der Waals surface area contributed by atoms with Crippen LogP contribution < -0.4 is 0 Å². The largest absolute Gasteiger partial charge is 0.508 e. The average Bonchev–Trinajstić information content (AvgIpc) is 2.08. The highest BCUT2D eigenvalue weighted by Crippen LogP contribution is 2.20. The third-order valence-electron chi connectivity index (χ3n) is 1.68. The summed E-state index contributed by atoms with van der Waals surface area (Å²) in [5.74, 6) is 0.259. The quantitative estimate of drug-likeness (QED) is 0.638. The SMILES string of the molecule is Cc1c(O)cccc1C=CC#N. The van der Waals surface area contributed by atoms with Gasteiger partial charge in [-0.2, -0.15) is 5.26 Å². The summed E-state index contributed by atoms with van der Waals surface area (Å²) in [4.78, 5) is 0. The Balaban J connectivity index is 3.10. The van der Waals surface area contributed by atoms with Crippen molar-refractivity contribution in [1.29, 1.82) is 5.26 Å². The maximum atomic E-state index is 9.28. The van der Waals surface area contributed by atoms with Crippen LogP contribution >= 0.6 is 0 Å². The molecule has 0 spiro atoms. The van der Waals surface area contributed by atoms with E-state index in [9.17, 15) is 5.11 Å². The Morgan fingerprint density at radius 1 is 1.50 bits per heavy atom. The van der Waals surface area contributed by atoms with Crippen molar-refractivity contribution < 1.29 is 5.11 Å². The van der Waals surface area contributed by atoms with Gasteiger partial charge in [-0.05, 0) is 30.2 Å². The first-order chi connectivity index (χ1) is 5.75. The fourth-order valence-electron chi connectivity index (χ4n) is 0.948. The summed E-state index contributed by atoms with van der Waals surface area (Å²) >= 11 is 0. The summed E-state index contributed by atoms with van der Waals surface area (Å²) in [7, 11) is 0. The molecule has 0 unspecified atom stereocenters. The molecule has 0 aliphatic heterocycles. The molecule has 2 nitrogen and oxygen atoms in total. The normalized spacial score (nSPS) is 10.0. The highest BCUT2D eigenvalue weighted by atomic mass is 16.3. The van der Waals surface area contributed by atoms with Gasteiger partial charge in [-0.3, -0.25) is 0 Å². The molecular weight excluding hydrogens is 150 g/mol. The summed E-state index contributed by atoms with van der Waals surface area (Å²) in [6.07, 6.45) is 3.07. The lowest BCUT2D eigenvalue weighted by Gasteiger charge is -2.00. The number of benzene rings is 1. The number of aromatic hydroxyl groups is 1. The van der Waals surface area contributed by atoms with E-state index in [-0.39, 0.29) is 5.75 Å². The van der Waals surface area contributed by atoms with Gasteiger partial charge in [0.25, 0.3) is 0 Å². The number of rotatable bonds is 1. The molecule has 1 aromatic rings. The second kappa shape index (κ2) is 3.59. The van der Waals surface area contributed by atoms with E-state index < -0.39 is 0 Å². The highest BCUT2D eigenvalue weighted by Gasteiger charge is 1.97. The highest BCUT2D eigenvalue weighted by molar-refractivity contribution is 5.58. The van der Waals surface area contributed by atoms with Crippen molar-refractivity contribution in [2.75, 3.05) is 0 Å². The Bertz CT molecular complexity index is 347. The first-order valence-electron chi connectivity index (χ1n) is 3.60. The Morgan fingerprint density at radius 2 is 2.25 bits per heavy atom. The van der Waals surface area contributed by atoms with Crippen LogP contribution in [0.15, 0.2) is 24.3 Å². The second-order valence-electron chi connectivity index (χ2n) is 2.45. The van der Waals surface area contributed by atoms with Crippen LogP contribution in [0, 0.1) is 18.3 Å². The van der Waals surface area contributed by atoms with Gasteiger partial charge in [0.15, 0.2) is 0 Å². The van der Waals surface area contributed by atoms with Crippen molar-refractivity contribution in [2.24, 2.45) is 0 Å². The standard InChI is InChI=1S/C10H9NO/c1-8-9(5-3-7-11)4-2-6-10(8)12/h2-6,12H,1H3. The Kier molecular flexibility index (Phi) is 2.49. The Labute approximate surface area is 71.4 Å². The summed E-state index contributed by atoms with van der Waals surface area (Å²) in [6, 6.07) is 7.12. The molecule has 12 heavy (non-hydrogen) atoms. The molecule has 1 aromatic carbocycles. The summed E-state index contributed by atoms with van der Waals surface area (Å²) in [5.41, 5.74) is 1.67. The smallest absolute Gasteiger partial charge is 0.119 e. The molecule has 0 radical (unpaired) electrons. The molecule has 0 bridgehead atoms. The maximum Gasteiger partial charge on any atom is 0.119 e. The number of nitrogens with zero attached hydrogens (tertiary/aromatic N) is 1. The molecule has 0 saturated carbocycles. The fourth-order valence-corrected chi connectivity index (χ4v) is 0.948. The van der Waals surface area contributed by atoms with Gasteiger partial charge in [0.2, 0.25) is 0 Å². The van der Waals surface area contributed by atoms with Crippen LogP contribution in [0.3, 0.4) is 0 Å². The minimum absolute atomic E-state index is 0.259. The van der Waals surface area contributed by atoms with E-state index in [4.69, 9.17) is 5.26 Å². The predicted molar refractivity (Wildman–Crippen MR) is 47.5 cm³/mol. The monoisotopic (exact) mass is 159 g/mol. The van der Waals surface area contributed by atoms with E-state index >= 15 is 0 Å². The summed E-state index contributed by atoms with van der Waals surface area (Å²) in [5, 5.41) is 17.6. The van der Waals surface area contributed by atoms with E-state index in [1.807, 2.05) is 19.1 Å². The molecule has 0 aliphatic carbocycles. The molecule has 0 fully saturated rings. The van der Waals surface area contributed by atoms with Crippen LogP contribution in [0.4, 0.5) is 0 Å². The third kappa shape index (κ3) is 1.64. The zero-order chi connectivity index (χ0) is 8.97. The molecule has 0 amide bonds. The zero-order valence-corrected chi connectivity index (χ0v) is 6.78. The molecule has 0 saturated heterocycles. The van der Waals surface area contributed by atoms with Gasteiger partial charge in [-0.15, -0.1) is 0 Å². The van der Waals surface area contributed by atoms with Crippen molar-refractivity contribution in [1.82, 2.24) is 0 Å². The Hall–Kier alpha value is -1.75. The van der Waals surface area contributed by atoms with Crippen LogP contribution in [-0.2, 0) is 0 Å². The van der Waals surface area contributed by atoms with Gasteiger partial charge in [-0.25, -0.2) is 0 Å². The molecule has 1 rings (SSSR count).